The van der Waals surface area contributed by atoms with Gasteiger partial charge in [-0.1, -0.05) is 27.3 Å². The zero-order valence-electron chi connectivity index (χ0n) is 18.3. The summed E-state index contributed by atoms with van der Waals surface area (Å²) in [5.41, 5.74) is 7.66. The number of rotatable bonds is 4. The number of nitrogens with one attached hydrogen (secondary N) is 2. The van der Waals surface area contributed by atoms with E-state index in [-0.39, 0.29) is 13.5 Å². The van der Waals surface area contributed by atoms with Crippen LogP contribution in [0.1, 0.15) is 45.9 Å². The number of H-pyrrole nitrogens is 2. The largest absolute Gasteiger partial charge is 0.378 e. The number of benzene rings is 1. The summed E-state index contributed by atoms with van der Waals surface area (Å²) in [5, 5.41) is 9.13. The lowest BCUT2D eigenvalue weighted by Crippen LogP contribution is -2.21. The molecule has 0 radical (unpaired) electrons. The van der Waals surface area contributed by atoms with Crippen molar-refractivity contribution in [2.24, 2.45) is 5.41 Å². The maximum Gasteiger partial charge on any atom is 0.148 e. The van der Waals surface area contributed by atoms with Crippen LogP contribution in [0.25, 0.3) is 22.3 Å². The minimum Gasteiger partial charge on any atom is -0.378 e. The van der Waals surface area contributed by atoms with Crippen LogP contribution < -0.4 is 4.90 Å². The van der Waals surface area contributed by atoms with Gasteiger partial charge in [-0.25, -0.2) is 0 Å². The van der Waals surface area contributed by atoms with E-state index in [2.05, 4.69) is 77.0 Å². The van der Waals surface area contributed by atoms with E-state index in [9.17, 15) is 4.79 Å². The number of hydrogen-bond donors (Lipinski definition) is 2. The van der Waals surface area contributed by atoms with Crippen LogP contribution in [-0.2, 0) is 22.4 Å². The molecule has 1 aromatic carbocycles. The van der Waals surface area contributed by atoms with Gasteiger partial charge in [-0.2, -0.15) is 5.10 Å². The van der Waals surface area contributed by atoms with Crippen molar-refractivity contribution in [2.75, 3.05) is 26.1 Å². The molecule has 1 unspecified atom stereocenters. The van der Waals surface area contributed by atoms with Gasteiger partial charge in [-0.05, 0) is 49.8 Å². The molecule has 6 heteroatoms. The maximum atomic E-state index is 9.61. The summed E-state index contributed by atoms with van der Waals surface area (Å²) < 4.78 is 4.53. The zero-order chi connectivity index (χ0) is 21.2. The molecule has 0 spiro atoms. The first kappa shape index (κ1) is 23.7. The molecular weight excluding hydrogens is 376 g/mol. The van der Waals surface area contributed by atoms with E-state index in [0.29, 0.717) is 5.41 Å². The summed E-state index contributed by atoms with van der Waals surface area (Å²) in [7, 11) is 5.63. The van der Waals surface area contributed by atoms with Crippen LogP contribution in [0.4, 0.5) is 5.69 Å². The topological polar surface area (TPSA) is 74.0 Å². The van der Waals surface area contributed by atoms with Gasteiger partial charge in [0.1, 0.15) is 18.1 Å². The molecule has 2 aromatic heterocycles. The Hall–Kier alpha value is -2.60. The summed E-state index contributed by atoms with van der Waals surface area (Å²) >= 11 is 0. The molecule has 4 rings (SSSR count). The molecule has 30 heavy (non-hydrogen) atoms. The Bertz CT molecular complexity index is 984. The van der Waals surface area contributed by atoms with E-state index in [1.165, 1.54) is 41.4 Å². The van der Waals surface area contributed by atoms with Gasteiger partial charge >= 0.3 is 0 Å². The molecule has 0 aliphatic heterocycles. The predicted octanol–water partition coefficient (Wildman–Crippen LogP) is 5.00. The van der Waals surface area contributed by atoms with Gasteiger partial charge in [0.15, 0.2) is 0 Å². The number of fused-ring (bicyclic) bond motifs is 2. The Balaban J connectivity index is 0.000000405. The minimum atomic E-state index is -0.245. The van der Waals surface area contributed by atoms with Crippen molar-refractivity contribution in [3.05, 3.63) is 35.5 Å². The third kappa shape index (κ3) is 5.11. The molecule has 0 saturated heterocycles. The van der Waals surface area contributed by atoms with Crippen LogP contribution in [-0.4, -0.2) is 48.8 Å². The monoisotopic (exact) mass is 412 g/mol. The molecule has 2 N–H and O–H groups in total. The fourth-order valence-corrected chi connectivity index (χ4v) is 3.65. The summed E-state index contributed by atoms with van der Waals surface area (Å²) in [6, 6.07) is 8.74. The first-order valence-corrected chi connectivity index (χ1v) is 10.1. The Morgan fingerprint density at radius 2 is 2.00 bits per heavy atom. The Labute approximate surface area is 180 Å². The molecule has 0 amide bonds. The molecule has 3 aromatic rings. The van der Waals surface area contributed by atoms with Gasteiger partial charge in [0, 0.05) is 49.1 Å². The number of aromatic nitrogens is 3. The number of carbonyl (C=O) groups excluding carboxylic acids is 1. The molecule has 0 bridgehead atoms. The highest BCUT2D eigenvalue weighted by Gasteiger charge is 2.29. The zero-order valence-corrected chi connectivity index (χ0v) is 18.3. The normalized spacial score (nSPS) is 15.4. The fourth-order valence-electron chi connectivity index (χ4n) is 3.65. The van der Waals surface area contributed by atoms with Crippen molar-refractivity contribution >= 4 is 22.9 Å². The van der Waals surface area contributed by atoms with Crippen molar-refractivity contribution in [3.8, 4) is 11.4 Å². The number of nitrogens with zero attached hydrogens (tertiary/aromatic N) is 2. The summed E-state index contributed by atoms with van der Waals surface area (Å²) in [4.78, 5) is 15.3. The van der Waals surface area contributed by atoms with Gasteiger partial charge in [0.2, 0.25) is 0 Å². The van der Waals surface area contributed by atoms with Gasteiger partial charge in [0.05, 0.1) is 5.69 Å². The second-order valence-corrected chi connectivity index (χ2v) is 8.80. The summed E-state index contributed by atoms with van der Waals surface area (Å²) in [5.74, 6) is 0. The van der Waals surface area contributed by atoms with Crippen molar-refractivity contribution < 1.29 is 9.53 Å². The number of hydrogen-bond acceptors (Lipinski definition) is 4. The summed E-state index contributed by atoms with van der Waals surface area (Å²) in [6.45, 7) is 6.36. The number of ether oxygens (including phenoxy) is 1. The van der Waals surface area contributed by atoms with Crippen LogP contribution in [0.3, 0.4) is 0 Å². The average molecular weight is 413 g/mol. The van der Waals surface area contributed by atoms with Crippen LogP contribution in [0.15, 0.2) is 24.3 Å². The number of aromatic amines is 2. The van der Waals surface area contributed by atoms with E-state index < -0.39 is 0 Å². The van der Waals surface area contributed by atoms with E-state index >= 15 is 0 Å². The number of anilines is 1. The molecule has 6 nitrogen and oxygen atoms in total. The minimum absolute atomic E-state index is 0. The van der Waals surface area contributed by atoms with E-state index in [1.54, 1.807) is 6.92 Å². The number of methoxy groups -OCH3 is 1. The first-order chi connectivity index (χ1) is 13.7. The predicted molar refractivity (Wildman–Crippen MR) is 125 cm³/mol. The molecule has 1 aliphatic rings. The van der Waals surface area contributed by atoms with E-state index in [1.807, 2.05) is 0 Å². The van der Waals surface area contributed by atoms with Gasteiger partial charge in [-0.15, -0.1) is 0 Å². The molecule has 0 fully saturated rings. The van der Waals surface area contributed by atoms with E-state index in [0.717, 1.165) is 30.5 Å². The van der Waals surface area contributed by atoms with Gasteiger partial charge < -0.3 is 19.4 Å². The van der Waals surface area contributed by atoms with Crippen LogP contribution >= 0.6 is 0 Å². The fraction of sp³-hybridized carbons (Fsp3) is 0.500. The lowest BCUT2D eigenvalue weighted by Gasteiger charge is -2.28. The van der Waals surface area contributed by atoms with Crippen molar-refractivity contribution in [1.29, 1.82) is 0 Å². The molecule has 0 saturated carbocycles. The second kappa shape index (κ2) is 9.47. The number of carbonyl (C=O) groups is 1. The Kier molecular flexibility index (Phi) is 7.48. The molecule has 1 aliphatic carbocycles. The lowest BCUT2D eigenvalue weighted by molar-refractivity contribution is -0.115. The summed E-state index contributed by atoms with van der Waals surface area (Å²) in [6.07, 6.45) is 3.91. The maximum absolute atomic E-state index is 9.61. The number of aldehydes is 1. The third-order valence-electron chi connectivity index (χ3n) is 5.60. The third-order valence-corrected chi connectivity index (χ3v) is 5.60. The highest BCUT2D eigenvalue weighted by molar-refractivity contribution is 5.88. The molecule has 1 atom stereocenters. The Morgan fingerprint density at radius 1 is 1.27 bits per heavy atom. The Morgan fingerprint density at radius 3 is 2.60 bits per heavy atom. The van der Waals surface area contributed by atoms with Gasteiger partial charge in [0.25, 0.3) is 0 Å². The van der Waals surface area contributed by atoms with Gasteiger partial charge in [-0.3, -0.25) is 5.10 Å². The SMILES string of the molecule is C.CN(C)c1ccc2cc(-c3n[nH]c4c3CCC(C)(C)C4)[nH]c2c1.COC(C)C=O. The molecule has 164 valence electrons. The molecule has 2 heterocycles. The lowest BCUT2D eigenvalue weighted by atomic mass is 9.76. The highest BCUT2D eigenvalue weighted by atomic mass is 16.5. The standard InChI is InChI=1S/C19H24N4.C4H8O2.CH4/c1-19(2)8-7-14-17(11-19)21-22-18(14)16-9-12-5-6-13(23(3)4)10-15(12)20-16;1-4(3-5)6-2;/h5-6,9-10,20H,7-8,11H2,1-4H3,(H,21,22);3-4H,1-2H3;1H4. The van der Waals surface area contributed by atoms with Crippen molar-refractivity contribution in [1.82, 2.24) is 15.2 Å². The molecular formula is C24H36N4O2. The second-order valence-electron chi connectivity index (χ2n) is 8.80. The van der Waals surface area contributed by atoms with Crippen LogP contribution in [0.5, 0.6) is 0 Å². The first-order valence-electron chi connectivity index (χ1n) is 10.1. The highest BCUT2D eigenvalue weighted by Crippen LogP contribution is 2.38. The van der Waals surface area contributed by atoms with Crippen LogP contribution in [0.2, 0.25) is 0 Å². The van der Waals surface area contributed by atoms with Crippen molar-refractivity contribution in [2.45, 2.75) is 53.6 Å². The van der Waals surface area contributed by atoms with Crippen molar-refractivity contribution in [3.63, 3.8) is 0 Å². The van der Waals surface area contributed by atoms with E-state index in [4.69, 9.17) is 0 Å². The average Bonchev–Trinajstić information content (AvgIpc) is 3.29. The smallest absolute Gasteiger partial charge is 0.148 e. The quantitative estimate of drug-likeness (QED) is 0.592. The van der Waals surface area contributed by atoms with Crippen LogP contribution in [0, 0.1) is 5.41 Å².